The molecule has 2 aromatic heterocycles. The molecule has 0 unspecified atom stereocenters. The maximum absolute atomic E-state index is 13.0. The molecule has 0 spiro atoms. The molecule has 3 heterocycles. The average molecular weight is 478 g/mol. The van der Waals surface area contributed by atoms with Crippen LogP contribution >= 0.6 is 15.9 Å². The Bertz CT molecular complexity index is 984. The smallest absolute Gasteiger partial charge is 0.333 e. The first-order chi connectivity index (χ1) is 14.0. The highest BCUT2D eigenvalue weighted by Gasteiger charge is 2.44. The van der Waals surface area contributed by atoms with Gasteiger partial charge < -0.3 is 24.8 Å². The third-order valence-corrected chi connectivity index (χ3v) is 5.32. The Morgan fingerprint density at radius 1 is 1.37 bits per heavy atom. The Labute approximate surface area is 184 Å². The van der Waals surface area contributed by atoms with Crippen LogP contribution in [0.25, 0.3) is 0 Å². The zero-order valence-corrected chi connectivity index (χ0v) is 19.5. The number of nitrogens with zero attached hydrogens (tertiary/aromatic N) is 3. The van der Waals surface area contributed by atoms with Gasteiger partial charge in [-0.3, -0.25) is 4.79 Å². The molecule has 0 aromatic carbocycles. The van der Waals surface area contributed by atoms with Crippen molar-refractivity contribution in [3.8, 4) is 0 Å². The average Bonchev–Trinajstić information content (AvgIpc) is 2.65. The van der Waals surface area contributed by atoms with Crippen molar-refractivity contribution >= 4 is 39.1 Å². The quantitative estimate of drug-likeness (QED) is 0.654. The number of halogens is 1. The number of hydrogen-bond acceptors (Lipinski definition) is 7. The molecule has 1 aliphatic rings. The van der Waals surface area contributed by atoms with Gasteiger partial charge in [-0.05, 0) is 61.8 Å². The van der Waals surface area contributed by atoms with Crippen LogP contribution in [0, 0.1) is 0 Å². The predicted octanol–water partition coefficient (Wildman–Crippen LogP) is 2.80. The Balaban J connectivity index is 1.84. The largest absolute Gasteiger partial charge is 0.458 e. The van der Waals surface area contributed by atoms with Crippen LogP contribution in [0.15, 0.2) is 39.9 Å². The van der Waals surface area contributed by atoms with Gasteiger partial charge in [0.25, 0.3) is 5.56 Å². The molecule has 30 heavy (non-hydrogen) atoms. The van der Waals surface area contributed by atoms with E-state index < -0.39 is 11.1 Å². The first-order valence-electron chi connectivity index (χ1n) is 9.81. The van der Waals surface area contributed by atoms with Crippen molar-refractivity contribution in [3.05, 3.63) is 45.4 Å². The molecule has 0 bridgehead atoms. The number of esters is 1. The van der Waals surface area contributed by atoms with Crippen LogP contribution in [0.4, 0.5) is 17.2 Å². The van der Waals surface area contributed by atoms with Crippen molar-refractivity contribution in [2.75, 3.05) is 29.9 Å². The molecule has 1 aliphatic heterocycles. The number of piperazine rings is 1. The fourth-order valence-corrected chi connectivity index (χ4v) is 3.90. The summed E-state index contributed by atoms with van der Waals surface area (Å²) in [4.78, 5) is 31.7. The van der Waals surface area contributed by atoms with Crippen LogP contribution in [0.1, 0.15) is 27.7 Å². The highest BCUT2D eigenvalue weighted by Crippen LogP contribution is 2.29. The zero-order valence-electron chi connectivity index (χ0n) is 18.0. The van der Waals surface area contributed by atoms with Crippen LogP contribution in [0.3, 0.4) is 0 Å². The third-order valence-electron chi connectivity index (χ3n) is 4.89. The summed E-state index contributed by atoms with van der Waals surface area (Å²) in [5, 5.41) is 6.35. The third kappa shape index (κ3) is 4.84. The van der Waals surface area contributed by atoms with Gasteiger partial charge in [0.2, 0.25) is 0 Å². The van der Waals surface area contributed by atoms with E-state index in [2.05, 4.69) is 31.5 Å². The lowest BCUT2D eigenvalue weighted by Crippen LogP contribution is -2.65. The molecular formula is C21H28BrN5O3. The van der Waals surface area contributed by atoms with Gasteiger partial charge in [0.05, 0.1) is 11.9 Å². The lowest BCUT2D eigenvalue weighted by molar-refractivity contribution is -0.161. The number of aryl methyl sites for hydroxylation is 1. The van der Waals surface area contributed by atoms with E-state index in [0.29, 0.717) is 24.6 Å². The number of anilines is 3. The van der Waals surface area contributed by atoms with Crippen LogP contribution < -0.4 is 21.1 Å². The monoisotopic (exact) mass is 477 g/mol. The maximum Gasteiger partial charge on any atom is 0.333 e. The van der Waals surface area contributed by atoms with E-state index in [1.54, 1.807) is 31.6 Å². The van der Waals surface area contributed by atoms with Gasteiger partial charge in [-0.25, -0.2) is 9.78 Å². The summed E-state index contributed by atoms with van der Waals surface area (Å²) in [5.41, 5.74) is -0.317. The lowest BCUT2D eigenvalue weighted by Gasteiger charge is -2.45. The molecule has 1 saturated heterocycles. The van der Waals surface area contributed by atoms with Crippen LogP contribution in [0.5, 0.6) is 0 Å². The van der Waals surface area contributed by atoms with Gasteiger partial charge in [-0.1, -0.05) is 0 Å². The fourth-order valence-electron chi connectivity index (χ4n) is 3.37. The molecule has 3 rings (SSSR count). The summed E-state index contributed by atoms with van der Waals surface area (Å²) in [5.74, 6) is 0.269. The van der Waals surface area contributed by atoms with Crippen LogP contribution in [-0.2, 0) is 16.6 Å². The van der Waals surface area contributed by atoms with E-state index in [4.69, 9.17) is 4.74 Å². The van der Waals surface area contributed by atoms with E-state index in [1.807, 2.05) is 38.7 Å². The molecule has 8 nitrogen and oxygen atoms in total. The molecule has 0 aliphatic carbocycles. The molecule has 2 N–H and O–H groups in total. The summed E-state index contributed by atoms with van der Waals surface area (Å²) >= 11 is 3.39. The normalized spacial score (nSPS) is 19.5. The van der Waals surface area contributed by atoms with Crippen molar-refractivity contribution in [2.24, 2.45) is 7.05 Å². The second-order valence-electron chi connectivity index (χ2n) is 8.62. The maximum atomic E-state index is 13.0. The number of ether oxygens (including phenoxy) is 1. The summed E-state index contributed by atoms with van der Waals surface area (Å²) in [6.07, 6.45) is 3.41. The summed E-state index contributed by atoms with van der Waals surface area (Å²) in [7, 11) is 1.69. The number of rotatable bonds is 4. The van der Waals surface area contributed by atoms with Crippen molar-refractivity contribution in [3.63, 3.8) is 0 Å². The molecular weight excluding hydrogens is 450 g/mol. The SMILES string of the molecule is Cn1cc(Br)cc(Nc2ccc(N3CCNC[C@@]3(C)C(=O)OC(C)(C)C)cn2)c1=O. The lowest BCUT2D eigenvalue weighted by atomic mass is 9.96. The minimum Gasteiger partial charge on any atom is -0.458 e. The number of pyridine rings is 2. The Hall–Kier alpha value is -2.39. The van der Waals surface area contributed by atoms with Gasteiger partial charge in [0.15, 0.2) is 0 Å². The number of nitrogens with one attached hydrogen (secondary N) is 2. The highest BCUT2D eigenvalue weighted by molar-refractivity contribution is 9.10. The van der Waals surface area contributed by atoms with Gasteiger partial charge >= 0.3 is 5.97 Å². The van der Waals surface area contributed by atoms with Crippen molar-refractivity contribution < 1.29 is 9.53 Å². The highest BCUT2D eigenvalue weighted by atomic mass is 79.9. The Kier molecular flexibility index (Phi) is 6.24. The van der Waals surface area contributed by atoms with Crippen LogP contribution in [0.2, 0.25) is 0 Å². The minimum absolute atomic E-state index is 0.149. The van der Waals surface area contributed by atoms with Crippen molar-refractivity contribution in [1.82, 2.24) is 14.9 Å². The van der Waals surface area contributed by atoms with Crippen molar-refractivity contribution in [1.29, 1.82) is 0 Å². The number of carbonyl (C=O) groups excluding carboxylic acids is 1. The molecule has 2 aromatic rings. The summed E-state index contributed by atoms with van der Waals surface area (Å²) in [6.45, 7) is 9.36. The van der Waals surface area contributed by atoms with Gasteiger partial charge in [-0.15, -0.1) is 0 Å². The molecule has 162 valence electrons. The Morgan fingerprint density at radius 2 is 2.10 bits per heavy atom. The molecule has 0 saturated carbocycles. The molecule has 1 fully saturated rings. The second-order valence-corrected chi connectivity index (χ2v) is 9.53. The van der Waals surface area contributed by atoms with E-state index in [9.17, 15) is 9.59 Å². The molecule has 1 atom stereocenters. The minimum atomic E-state index is -0.845. The molecule has 0 radical (unpaired) electrons. The number of carbonyl (C=O) groups is 1. The van der Waals surface area contributed by atoms with Gasteiger partial charge in [-0.2, -0.15) is 0 Å². The molecule has 0 amide bonds. The van der Waals surface area contributed by atoms with Crippen LogP contribution in [-0.4, -0.2) is 46.3 Å². The van der Waals surface area contributed by atoms with E-state index in [1.165, 1.54) is 4.57 Å². The standard InChI is InChI=1S/C21H28BrN5O3/c1-20(2,3)30-19(29)21(4)13-23-8-9-27(21)15-6-7-17(24-11-15)25-16-10-14(22)12-26(5)18(16)28/h6-7,10-12,23H,8-9,13H2,1-5H3,(H,24,25)/t21-/m0/s1. The fraction of sp³-hybridized carbons (Fsp3) is 0.476. The van der Waals surface area contributed by atoms with E-state index in [0.717, 1.165) is 16.7 Å². The Morgan fingerprint density at radius 3 is 2.73 bits per heavy atom. The van der Waals surface area contributed by atoms with Gasteiger partial charge in [0.1, 0.15) is 22.6 Å². The number of aromatic nitrogens is 2. The zero-order chi connectivity index (χ0) is 22.1. The second kappa shape index (κ2) is 8.39. The van der Waals surface area contributed by atoms with Gasteiger partial charge in [0, 0.05) is 37.4 Å². The molecule has 9 heteroatoms. The van der Waals surface area contributed by atoms with E-state index in [-0.39, 0.29) is 11.5 Å². The first kappa shape index (κ1) is 22.3. The topological polar surface area (TPSA) is 88.5 Å². The number of hydrogen-bond donors (Lipinski definition) is 2. The summed E-state index contributed by atoms with van der Waals surface area (Å²) in [6, 6.07) is 5.41. The predicted molar refractivity (Wildman–Crippen MR) is 121 cm³/mol. The van der Waals surface area contributed by atoms with E-state index >= 15 is 0 Å². The summed E-state index contributed by atoms with van der Waals surface area (Å²) < 4.78 is 7.96. The first-order valence-corrected chi connectivity index (χ1v) is 10.6. The van der Waals surface area contributed by atoms with Crippen molar-refractivity contribution in [2.45, 2.75) is 38.8 Å².